The lowest BCUT2D eigenvalue weighted by atomic mass is 10.0. The summed E-state index contributed by atoms with van der Waals surface area (Å²) in [5.74, 6) is 1.73. The van der Waals surface area contributed by atoms with Crippen LogP contribution < -0.4 is 10.5 Å². The third kappa shape index (κ3) is 3.71. The van der Waals surface area contributed by atoms with Gasteiger partial charge < -0.3 is 10.5 Å². The molecular weight excluding hydrogens is 278 g/mol. The molecule has 1 aliphatic rings. The summed E-state index contributed by atoms with van der Waals surface area (Å²) in [5.41, 5.74) is 7.41. The van der Waals surface area contributed by atoms with Crippen molar-refractivity contribution in [3.8, 4) is 5.75 Å². The zero-order valence-electron chi connectivity index (χ0n) is 10.3. The maximum Gasteiger partial charge on any atom is 0.119 e. The molecule has 3 heteroatoms. The summed E-state index contributed by atoms with van der Waals surface area (Å²) in [7, 11) is 1.70. The second-order valence-electron chi connectivity index (χ2n) is 4.85. The lowest BCUT2D eigenvalue weighted by molar-refractivity contribution is 0.414. The van der Waals surface area contributed by atoms with Gasteiger partial charge in [0.2, 0.25) is 0 Å². The van der Waals surface area contributed by atoms with Crippen molar-refractivity contribution < 1.29 is 4.74 Å². The molecule has 1 atom stereocenters. The maximum absolute atomic E-state index is 6.10. The van der Waals surface area contributed by atoms with E-state index >= 15 is 0 Å². The Morgan fingerprint density at radius 3 is 2.88 bits per heavy atom. The average molecular weight is 298 g/mol. The van der Waals surface area contributed by atoms with E-state index in [0.717, 1.165) is 30.9 Å². The lowest BCUT2D eigenvalue weighted by Gasteiger charge is -2.11. The molecule has 17 heavy (non-hydrogen) atoms. The molecule has 1 unspecified atom stereocenters. The standard InChI is InChI=1S/C14H20BrNO/c1-17-12-7-8-13(15)11(9-12)3-2-4-14(16)10-5-6-10/h7-10,14H,2-6,16H2,1H3. The van der Waals surface area contributed by atoms with E-state index in [1.807, 2.05) is 6.07 Å². The predicted octanol–water partition coefficient (Wildman–Crippen LogP) is 3.52. The summed E-state index contributed by atoms with van der Waals surface area (Å²) in [6, 6.07) is 6.55. The Bertz CT molecular complexity index is 376. The molecule has 0 heterocycles. The van der Waals surface area contributed by atoms with Crippen LogP contribution in [0, 0.1) is 5.92 Å². The van der Waals surface area contributed by atoms with E-state index in [1.54, 1.807) is 7.11 Å². The van der Waals surface area contributed by atoms with E-state index in [4.69, 9.17) is 10.5 Å². The highest BCUT2D eigenvalue weighted by atomic mass is 79.9. The molecule has 0 amide bonds. The summed E-state index contributed by atoms with van der Waals surface area (Å²) in [6.45, 7) is 0. The summed E-state index contributed by atoms with van der Waals surface area (Å²) in [6.07, 6.45) is 6.03. The van der Waals surface area contributed by atoms with Gasteiger partial charge in [0, 0.05) is 10.5 Å². The van der Waals surface area contributed by atoms with Crippen LogP contribution >= 0.6 is 15.9 Å². The SMILES string of the molecule is COc1ccc(Br)c(CCCC(N)C2CC2)c1. The average Bonchev–Trinajstić information content (AvgIpc) is 3.15. The van der Waals surface area contributed by atoms with Crippen LogP contribution in [-0.2, 0) is 6.42 Å². The molecule has 2 rings (SSSR count). The van der Waals surface area contributed by atoms with Gasteiger partial charge in [-0.05, 0) is 61.8 Å². The van der Waals surface area contributed by atoms with Crippen molar-refractivity contribution in [2.24, 2.45) is 11.7 Å². The smallest absolute Gasteiger partial charge is 0.119 e. The molecule has 94 valence electrons. The minimum absolute atomic E-state index is 0.416. The van der Waals surface area contributed by atoms with Crippen molar-refractivity contribution in [1.29, 1.82) is 0 Å². The monoisotopic (exact) mass is 297 g/mol. The number of methoxy groups -OCH3 is 1. The number of benzene rings is 1. The lowest BCUT2D eigenvalue weighted by Crippen LogP contribution is -2.22. The Hall–Kier alpha value is -0.540. The summed E-state index contributed by atoms with van der Waals surface area (Å²) in [4.78, 5) is 0. The van der Waals surface area contributed by atoms with Gasteiger partial charge in [0.1, 0.15) is 5.75 Å². The highest BCUT2D eigenvalue weighted by Gasteiger charge is 2.27. The number of nitrogens with two attached hydrogens (primary N) is 1. The van der Waals surface area contributed by atoms with E-state index in [2.05, 4.69) is 28.1 Å². The topological polar surface area (TPSA) is 35.2 Å². The molecule has 0 radical (unpaired) electrons. The molecule has 0 spiro atoms. The number of hydrogen-bond donors (Lipinski definition) is 1. The minimum Gasteiger partial charge on any atom is -0.497 e. The molecule has 2 N–H and O–H groups in total. The van der Waals surface area contributed by atoms with Crippen molar-refractivity contribution in [3.63, 3.8) is 0 Å². The van der Waals surface area contributed by atoms with E-state index < -0.39 is 0 Å². The van der Waals surface area contributed by atoms with Crippen LogP contribution in [0.2, 0.25) is 0 Å². The molecule has 1 fully saturated rings. The van der Waals surface area contributed by atoms with E-state index in [9.17, 15) is 0 Å². The van der Waals surface area contributed by atoms with Gasteiger partial charge in [-0.25, -0.2) is 0 Å². The van der Waals surface area contributed by atoms with Gasteiger partial charge >= 0.3 is 0 Å². The van der Waals surface area contributed by atoms with E-state index in [1.165, 1.54) is 22.9 Å². The first-order chi connectivity index (χ1) is 8.20. The van der Waals surface area contributed by atoms with Crippen LogP contribution in [-0.4, -0.2) is 13.2 Å². The molecule has 1 saturated carbocycles. The Morgan fingerprint density at radius 1 is 1.47 bits per heavy atom. The fraction of sp³-hybridized carbons (Fsp3) is 0.571. The van der Waals surface area contributed by atoms with Crippen LogP contribution in [0.3, 0.4) is 0 Å². The van der Waals surface area contributed by atoms with Crippen molar-refractivity contribution in [3.05, 3.63) is 28.2 Å². The first-order valence-electron chi connectivity index (χ1n) is 6.28. The molecule has 0 bridgehead atoms. The number of halogens is 1. The summed E-state index contributed by atoms with van der Waals surface area (Å²) < 4.78 is 6.41. The molecule has 2 nitrogen and oxygen atoms in total. The van der Waals surface area contributed by atoms with Crippen LogP contribution in [0.25, 0.3) is 0 Å². The van der Waals surface area contributed by atoms with Crippen molar-refractivity contribution >= 4 is 15.9 Å². The van der Waals surface area contributed by atoms with Gasteiger partial charge in [-0.3, -0.25) is 0 Å². The molecule has 1 aromatic carbocycles. The summed E-state index contributed by atoms with van der Waals surface area (Å²) >= 11 is 3.58. The largest absolute Gasteiger partial charge is 0.497 e. The van der Waals surface area contributed by atoms with Crippen molar-refractivity contribution in [2.75, 3.05) is 7.11 Å². The van der Waals surface area contributed by atoms with Gasteiger partial charge in [0.15, 0.2) is 0 Å². The zero-order chi connectivity index (χ0) is 12.3. The quantitative estimate of drug-likeness (QED) is 0.872. The van der Waals surface area contributed by atoms with Crippen LogP contribution in [0.15, 0.2) is 22.7 Å². The normalized spacial score (nSPS) is 16.9. The fourth-order valence-corrected chi connectivity index (χ4v) is 2.60. The second-order valence-corrected chi connectivity index (χ2v) is 5.71. The second kappa shape index (κ2) is 5.87. The first-order valence-corrected chi connectivity index (χ1v) is 7.08. The van der Waals surface area contributed by atoms with Crippen LogP contribution in [0.5, 0.6) is 5.75 Å². The van der Waals surface area contributed by atoms with Gasteiger partial charge in [0.05, 0.1) is 7.11 Å². The van der Waals surface area contributed by atoms with Crippen molar-refractivity contribution in [2.45, 2.75) is 38.1 Å². The Kier molecular flexibility index (Phi) is 4.46. The highest BCUT2D eigenvalue weighted by Crippen LogP contribution is 2.33. The molecule has 1 aliphatic carbocycles. The zero-order valence-corrected chi connectivity index (χ0v) is 11.9. The number of hydrogen-bond acceptors (Lipinski definition) is 2. The Morgan fingerprint density at radius 2 is 2.24 bits per heavy atom. The molecular formula is C14H20BrNO. The third-order valence-corrected chi connectivity index (χ3v) is 4.24. The number of rotatable bonds is 6. The van der Waals surface area contributed by atoms with Gasteiger partial charge in [-0.2, -0.15) is 0 Å². The number of aryl methyl sites for hydroxylation is 1. The first kappa shape index (κ1) is 12.9. The number of ether oxygens (including phenoxy) is 1. The minimum atomic E-state index is 0.416. The van der Waals surface area contributed by atoms with Crippen molar-refractivity contribution in [1.82, 2.24) is 0 Å². The molecule has 0 aliphatic heterocycles. The Balaban J connectivity index is 1.84. The predicted molar refractivity (Wildman–Crippen MR) is 74.3 cm³/mol. The van der Waals surface area contributed by atoms with E-state index in [-0.39, 0.29) is 0 Å². The van der Waals surface area contributed by atoms with Crippen LogP contribution in [0.4, 0.5) is 0 Å². The third-order valence-electron chi connectivity index (χ3n) is 3.46. The van der Waals surface area contributed by atoms with Gasteiger partial charge in [-0.15, -0.1) is 0 Å². The summed E-state index contributed by atoms with van der Waals surface area (Å²) in [5, 5.41) is 0. The molecule has 0 aromatic heterocycles. The van der Waals surface area contributed by atoms with Gasteiger partial charge in [-0.1, -0.05) is 15.9 Å². The Labute approximate surface area is 112 Å². The van der Waals surface area contributed by atoms with Crippen LogP contribution in [0.1, 0.15) is 31.2 Å². The molecule has 0 saturated heterocycles. The van der Waals surface area contributed by atoms with E-state index in [0.29, 0.717) is 6.04 Å². The maximum atomic E-state index is 6.10. The fourth-order valence-electron chi connectivity index (χ4n) is 2.16. The van der Waals surface area contributed by atoms with Gasteiger partial charge in [0.25, 0.3) is 0 Å². The molecule has 1 aromatic rings. The highest BCUT2D eigenvalue weighted by molar-refractivity contribution is 9.10.